The smallest absolute Gasteiger partial charge is 0.342 e. The van der Waals surface area contributed by atoms with Crippen LogP contribution in [0.4, 0.5) is 0 Å². The zero-order chi connectivity index (χ0) is 31.5. The molecular weight excluding hydrogens is 570 g/mol. The van der Waals surface area contributed by atoms with Gasteiger partial charge in [-0.25, -0.2) is 9.78 Å². The molecule has 4 aliphatic rings. The summed E-state index contributed by atoms with van der Waals surface area (Å²) in [5, 5.41) is 0.957. The second kappa shape index (κ2) is 11.4. The summed E-state index contributed by atoms with van der Waals surface area (Å²) in [5.74, 6) is 1.50. The molecule has 0 radical (unpaired) electrons. The van der Waals surface area contributed by atoms with Crippen molar-refractivity contribution in [3.05, 3.63) is 95.3 Å². The summed E-state index contributed by atoms with van der Waals surface area (Å²) in [6.07, 6.45) is 17.3. The minimum Gasteiger partial charge on any atom is -0.456 e. The number of nitrogens with one attached hydrogen (secondary N) is 1. The predicted octanol–water partition coefficient (Wildman–Crippen LogP) is 9.74. The predicted molar refractivity (Wildman–Crippen MR) is 182 cm³/mol. The van der Waals surface area contributed by atoms with E-state index in [2.05, 4.69) is 51.3 Å². The number of likely N-dealkylation sites (tertiary alicyclic amines) is 1. The molecule has 2 aromatic heterocycles. The quantitative estimate of drug-likeness (QED) is 0.210. The Morgan fingerprint density at radius 1 is 1.02 bits per heavy atom. The van der Waals surface area contributed by atoms with Crippen molar-refractivity contribution in [2.24, 2.45) is 5.41 Å². The number of H-pyrrole nitrogens is 1. The first-order valence-corrected chi connectivity index (χ1v) is 17.3. The number of nitrogens with zero attached hydrogens (tertiary/aromatic N) is 2. The van der Waals surface area contributed by atoms with Crippen LogP contribution in [0, 0.1) is 5.41 Å². The van der Waals surface area contributed by atoms with Crippen LogP contribution in [-0.2, 0) is 4.74 Å². The van der Waals surface area contributed by atoms with Crippen molar-refractivity contribution in [1.82, 2.24) is 14.9 Å². The van der Waals surface area contributed by atoms with E-state index in [9.17, 15) is 4.79 Å². The lowest BCUT2D eigenvalue weighted by Gasteiger charge is -2.54. The van der Waals surface area contributed by atoms with E-state index in [1.165, 1.54) is 57.1 Å². The molecule has 238 valence electrons. The van der Waals surface area contributed by atoms with Crippen molar-refractivity contribution in [2.45, 2.75) is 102 Å². The van der Waals surface area contributed by atoms with E-state index in [0.717, 1.165) is 35.4 Å². The van der Waals surface area contributed by atoms with Crippen LogP contribution in [0.25, 0.3) is 16.6 Å². The molecule has 0 amide bonds. The first-order chi connectivity index (χ1) is 22.2. The molecule has 0 bridgehead atoms. The number of hydrogen-bond donors (Lipinski definition) is 1. The summed E-state index contributed by atoms with van der Waals surface area (Å²) in [6.45, 7) is 6.89. The van der Waals surface area contributed by atoms with Crippen molar-refractivity contribution in [1.29, 1.82) is 0 Å². The zero-order valence-corrected chi connectivity index (χ0v) is 27.4. The maximum absolute atomic E-state index is 13.2. The monoisotopic (exact) mass is 615 g/mol. The average molecular weight is 616 g/mol. The molecule has 3 fully saturated rings. The summed E-state index contributed by atoms with van der Waals surface area (Å²) >= 11 is 0. The molecule has 1 aliphatic heterocycles. The van der Waals surface area contributed by atoms with Crippen LogP contribution < -0.4 is 4.74 Å². The van der Waals surface area contributed by atoms with Crippen LogP contribution in [0.2, 0.25) is 0 Å². The lowest BCUT2D eigenvalue weighted by molar-refractivity contribution is -0.0121. The van der Waals surface area contributed by atoms with Crippen LogP contribution in [0.3, 0.4) is 0 Å². The van der Waals surface area contributed by atoms with E-state index in [0.29, 0.717) is 34.6 Å². The minimum atomic E-state index is -0.602. The maximum Gasteiger partial charge on any atom is 0.342 e. The van der Waals surface area contributed by atoms with E-state index in [4.69, 9.17) is 9.47 Å². The normalized spacial score (nSPS) is 25.0. The van der Waals surface area contributed by atoms with Gasteiger partial charge in [0.1, 0.15) is 28.3 Å². The van der Waals surface area contributed by atoms with E-state index in [1.54, 1.807) is 17.3 Å². The van der Waals surface area contributed by atoms with Gasteiger partial charge in [-0.3, -0.25) is 4.90 Å². The highest BCUT2D eigenvalue weighted by Gasteiger charge is 2.49. The highest BCUT2D eigenvalue weighted by Crippen LogP contribution is 2.56. The second-order valence-electron chi connectivity index (χ2n) is 15.2. The fourth-order valence-corrected chi connectivity index (χ4v) is 8.30. The van der Waals surface area contributed by atoms with Crippen LogP contribution in [0.15, 0.2) is 73.1 Å². The van der Waals surface area contributed by atoms with Gasteiger partial charge in [-0.15, -0.1) is 0 Å². The van der Waals surface area contributed by atoms with Gasteiger partial charge in [-0.1, -0.05) is 36.4 Å². The minimum absolute atomic E-state index is 0.387. The van der Waals surface area contributed by atoms with Crippen molar-refractivity contribution in [2.75, 3.05) is 6.54 Å². The Bertz CT molecular complexity index is 1800. The molecule has 1 spiro atoms. The highest BCUT2D eigenvalue weighted by atomic mass is 16.6. The summed E-state index contributed by atoms with van der Waals surface area (Å²) in [5.41, 5.74) is 6.74. The number of aromatic nitrogens is 2. The number of allylic oxidation sites excluding steroid dienone is 2. The molecule has 4 aromatic rings. The molecule has 1 N–H and O–H groups in total. The number of ether oxygens (including phenoxy) is 2. The van der Waals surface area contributed by atoms with E-state index in [1.807, 2.05) is 51.2 Å². The van der Waals surface area contributed by atoms with Crippen LogP contribution in [-0.4, -0.2) is 39.0 Å². The number of rotatable bonds is 7. The molecule has 2 saturated carbocycles. The van der Waals surface area contributed by atoms with Gasteiger partial charge >= 0.3 is 5.97 Å². The molecule has 3 heterocycles. The molecule has 8 rings (SSSR count). The van der Waals surface area contributed by atoms with Gasteiger partial charge in [-0.05, 0) is 143 Å². The van der Waals surface area contributed by atoms with Gasteiger partial charge < -0.3 is 14.5 Å². The largest absolute Gasteiger partial charge is 0.456 e. The van der Waals surface area contributed by atoms with Crippen LogP contribution in [0.5, 0.6) is 11.5 Å². The Balaban J connectivity index is 0.989. The van der Waals surface area contributed by atoms with Gasteiger partial charge in [0.05, 0.1) is 6.20 Å². The number of esters is 1. The van der Waals surface area contributed by atoms with E-state index >= 15 is 0 Å². The molecule has 46 heavy (non-hydrogen) atoms. The Kier molecular flexibility index (Phi) is 7.32. The highest BCUT2D eigenvalue weighted by molar-refractivity contribution is 5.93. The molecule has 3 aliphatic carbocycles. The topological polar surface area (TPSA) is 67.4 Å². The average Bonchev–Trinajstić information content (AvgIpc) is 3.57. The SMILES string of the molecule is CC(C)(C)OC(=O)c1ccc(C2=CCC3(CC2)CC(N2CCC[C@H]2c2ccccc2C2CC2)C3)cc1Oc1cnc2[nH]ccc2c1. The molecule has 1 saturated heterocycles. The summed E-state index contributed by atoms with van der Waals surface area (Å²) in [4.78, 5) is 23.7. The third-order valence-corrected chi connectivity index (χ3v) is 10.8. The van der Waals surface area contributed by atoms with E-state index < -0.39 is 5.60 Å². The first kappa shape index (κ1) is 29.5. The number of pyridine rings is 1. The summed E-state index contributed by atoms with van der Waals surface area (Å²) in [6, 6.07) is 20.4. The molecular formula is C40H45N3O3. The lowest BCUT2D eigenvalue weighted by Crippen LogP contribution is -2.51. The fraction of sp³-hybridized carbons (Fsp3) is 0.450. The molecule has 1 atom stereocenters. The number of carbonyl (C=O) groups excluding carboxylic acids is 1. The number of benzene rings is 2. The second-order valence-corrected chi connectivity index (χ2v) is 15.2. The number of aromatic amines is 1. The third-order valence-electron chi connectivity index (χ3n) is 10.8. The molecule has 6 heteroatoms. The molecule has 0 unspecified atom stereocenters. The Hall–Kier alpha value is -3.90. The Morgan fingerprint density at radius 2 is 1.85 bits per heavy atom. The summed E-state index contributed by atoms with van der Waals surface area (Å²) in [7, 11) is 0. The Morgan fingerprint density at radius 3 is 2.61 bits per heavy atom. The summed E-state index contributed by atoms with van der Waals surface area (Å²) < 4.78 is 12.1. The molecule has 6 nitrogen and oxygen atoms in total. The number of hydrogen-bond acceptors (Lipinski definition) is 5. The Labute approximate surface area is 272 Å². The van der Waals surface area contributed by atoms with Gasteiger partial charge in [0.15, 0.2) is 0 Å². The number of fused-ring (bicyclic) bond motifs is 1. The van der Waals surface area contributed by atoms with Crippen molar-refractivity contribution in [3.63, 3.8) is 0 Å². The number of carbonyl (C=O) groups is 1. The van der Waals surface area contributed by atoms with Crippen molar-refractivity contribution < 1.29 is 14.3 Å². The third kappa shape index (κ3) is 5.77. The lowest BCUT2D eigenvalue weighted by atomic mass is 9.58. The molecule has 2 aromatic carbocycles. The van der Waals surface area contributed by atoms with Crippen molar-refractivity contribution in [3.8, 4) is 11.5 Å². The van der Waals surface area contributed by atoms with Gasteiger partial charge in [0.2, 0.25) is 0 Å². The van der Waals surface area contributed by atoms with E-state index in [-0.39, 0.29) is 5.97 Å². The van der Waals surface area contributed by atoms with Crippen LogP contribution in [0.1, 0.15) is 118 Å². The van der Waals surface area contributed by atoms with Gasteiger partial charge in [0.25, 0.3) is 0 Å². The van der Waals surface area contributed by atoms with Gasteiger partial charge in [0, 0.05) is 23.7 Å². The van der Waals surface area contributed by atoms with Gasteiger partial charge in [-0.2, -0.15) is 0 Å². The standard InChI is InChI=1S/C40H45N3O3/c1-39(2,3)46-38(44)34-13-12-28(22-36(34)45-31-21-29-16-19-41-37(29)42-25-31)26-14-17-40(18-15-26)23-30(24-40)43-20-6-9-35(43)33-8-5-4-7-32(33)27-10-11-27/h4-5,7-8,12-14,16,19,21-22,25,27,30,35H,6,9-11,15,17-18,20,23-24H2,1-3H3,(H,41,42)/t30?,35-,40?/m0/s1. The zero-order valence-electron chi connectivity index (χ0n) is 27.4. The maximum atomic E-state index is 13.2. The first-order valence-electron chi connectivity index (χ1n) is 17.3. The van der Waals surface area contributed by atoms with Crippen LogP contribution >= 0.6 is 0 Å². The van der Waals surface area contributed by atoms with Crippen molar-refractivity contribution >= 4 is 22.6 Å². The fourth-order valence-electron chi connectivity index (χ4n) is 8.30.